The number of alkyl halides is 3. The lowest BCUT2D eigenvalue weighted by molar-refractivity contribution is -0.137. The number of carbonyl (C=O) groups excluding carboxylic acids is 1. The maximum atomic E-state index is 12.8. The van der Waals surface area contributed by atoms with Crippen LogP contribution < -0.4 is 5.32 Å². The van der Waals surface area contributed by atoms with Crippen molar-refractivity contribution < 1.29 is 18.0 Å². The zero-order chi connectivity index (χ0) is 20.3. The Morgan fingerprint density at radius 3 is 2.82 bits per heavy atom. The quantitative estimate of drug-likeness (QED) is 0.582. The molecule has 0 aliphatic carbocycles. The molecule has 0 saturated heterocycles. The SMILES string of the molecule is CCn1ncc(Cl)c1-c1csc(C(=O)NCCc2cccc(C(F)(F)F)c2)c1. The number of amides is 1. The van der Waals surface area contributed by atoms with E-state index >= 15 is 0 Å². The lowest BCUT2D eigenvalue weighted by Gasteiger charge is -2.09. The number of nitrogens with zero attached hydrogens (tertiary/aromatic N) is 2. The molecule has 0 radical (unpaired) electrons. The summed E-state index contributed by atoms with van der Waals surface area (Å²) in [6.45, 7) is 2.83. The van der Waals surface area contributed by atoms with Gasteiger partial charge in [-0.15, -0.1) is 11.3 Å². The third-order valence-electron chi connectivity index (χ3n) is 4.14. The highest BCUT2D eigenvalue weighted by atomic mass is 35.5. The number of hydrogen-bond acceptors (Lipinski definition) is 3. The fraction of sp³-hybridized carbons (Fsp3) is 0.263. The van der Waals surface area contributed by atoms with Gasteiger partial charge in [0.1, 0.15) is 0 Å². The Morgan fingerprint density at radius 1 is 1.32 bits per heavy atom. The molecule has 0 atom stereocenters. The van der Waals surface area contributed by atoms with E-state index in [2.05, 4.69) is 10.4 Å². The summed E-state index contributed by atoms with van der Waals surface area (Å²) in [5.41, 5.74) is 1.38. The Kier molecular flexibility index (Phi) is 6.10. The van der Waals surface area contributed by atoms with Gasteiger partial charge >= 0.3 is 6.18 Å². The van der Waals surface area contributed by atoms with Gasteiger partial charge in [-0.1, -0.05) is 29.8 Å². The number of halogens is 4. The fourth-order valence-electron chi connectivity index (χ4n) is 2.78. The molecule has 2 aromatic heterocycles. The number of nitrogens with one attached hydrogen (secondary N) is 1. The van der Waals surface area contributed by atoms with Gasteiger partial charge in [-0.3, -0.25) is 9.48 Å². The van der Waals surface area contributed by atoms with Crippen LogP contribution in [-0.2, 0) is 19.1 Å². The van der Waals surface area contributed by atoms with Crippen LogP contribution in [0.5, 0.6) is 0 Å². The number of hydrogen-bond donors (Lipinski definition) is 1. The molecule has 3 rings (SSSR count). The van der Waals surface area contributed by atoms with E-state index in [-0.39, 0.29) is 12.5 Å². The zero-order valence-electron chi connectivity index (χ0n) is 14.9. The van der Waals surface area contributed by atoms with Crippen molar-refractivity contribution in [2.24, 2.45) is 0 Å². The Labute approximate surface area is 168 Å². The number of aryl methyl sites for hydroxylation is 1. The summed E-state index contributed by atoms with van der Waals surface area (Å²) in [4.78, 5) is 12.8. The number of rotatable bonds is 6. The summed E-state index contributed by atoms with van der Waals surface area (Å²) in [6.07, 6.45) is -2.51. The summed E-state index contributed by atoms with van der Waals surface area (Å²) in [5, 5.41) is 9.26. The fourth-order valence-corrected chi connectivity index (χ4v) is 3.84. The number of thiophene rings is 1. The molecule has 3 aromatic rings. The third kappa shape index (κ3) is 4.56. The topological polar surface area (TPSA) is 46.9 Å². The van der Waals surface area contributed by atoms with Crippen molar-refractivity contribution >= 4 is 28.8 Å². The summed E-state index contributed by atoms with van der Waals surface area (Å²) in [7, 11) is 0. The van der Waals surface area contributed by atoms with E-state index in [0.717, 1.165) is 23.4 Å². The molecule has 0 fully saturated rings. The van der Waals surface area contributed by atoms with Crippen molar-refractivity contribution in [3.63, 3.8) is 0 Å². The second-order valence-electron chi connectivity index (χ2n) is 6.06. The van der Waals surface area contributed by atoms with Gasteiger partial charge in [0, 0.05) is 24.0 Å². The van der Waals surface area contributed by atoms with Crippen molar-refractivity contribution in [3.05, 3.63) is 62.9 Å². The smallest absolute Gasteiger partial charge is 0.351 e. The van der Waals surface area contributed by atoms with Gasteiger partial charge in [0.15, 0.2) is 0 Å². The molecule has 1 aromatic carbocycles. The highest BCUT2D eigenvalue weighted by Gasteiger charge is 2.30. The van der Waals surface area contributed by atoms with Crippen LogP contribution in [0.1, 0.15) is 27.7 Å². The van der Waals surface area contributed by atoms with Crippen LogP contribution in [0.3, 0.4) is 0 Å². The van der Waals surface area contributed by atoms with Crippen molar-refractivity contribution in [3.8, 4) is 11.3 Å². The standard InChI is InChI=1S/C19H17ClF3N3OS/c1-2-26-17(15(20)10-25-26)13-9-16(28-11-13)18(27)24-7-6-12-4-3-5-14(8-12)19(21,22)23/h3-5,8-11H,2,6-7H2,1H3,(H,24,27). The van der Waals surface area contributed by atoms with Gasteiger partial charge in [-0.2, -0.15) is 18.3 Å². The van der Waals surface area contributed by atoms with Gasteiger partial charge in [-0.25, -0.2) is 0 Å². The Hall–Kier alpha value is -2.32. The largest absolute Gasteiger partial charge is 0.416 e. The predicted octanol–water partition coefficient (Wildman–Crippen LogP) is 5.28. The maximum absolute atomic E-state index is 12.8. The molecule has 1 amide bonds. The molecule has 1 N–H and O–H groups in total. The average Bonchev–Trinajstić information content (AvgIpc) is 3.27. The van der Waals surface area contributed by atoms with E-state index in [1.54, 1.807) is 23.0 Å². The van der Waals surface area contributed by atoms with Crippen molar-refractivity contribution in [1.82, 2.24) is 15.1 Å². The Balaban J connectivity index is 1.62. The van der Waals surface area contributed by atoms with E-state index in [4.69, 9.17) is 11.6 Å². The first-order valence-electron chi connectivity index (χ1n) is 8.54. The van der Waals surface area contributed by atoms with Gasteiger partial charge in [0.25, 0.3) is 5.91 Å². The first-order chi connectivity index (χ1) is 13.3. The van der Waals surface area contributed by atoms with Crippen LogP contribution in [0.2, 0.25) is 5.02 Å². The molecule has 9 heteroatoms. The predicted molar refractivity (Wildman–Crippen MR) is 104 cm³/mol. The Bertz CT molecular complexity index is 981. The molecular formula is C19H17ClF3N3OS. The first kappa shape index (κ1) is 20.4. The summed E-state index contributed by atoms with van der Waals surface area (Å²) in [6, 6.07) is 6.84. The normalized spacial score (nSPS) is 11.6. The van der Waals surface area contributed by atoms with Crippen LogP contribution in [0, 0.1) is 0 Å². The van der Waals surface area contributed by atoms with E-state index in [9.17, 15) is 18.0 Å². The van der Waals surface area contributed by atoms with Gasteiger partial charge in [0.05, 0.1) is 27.4 Å². The minimum Gasteiger partial charge on any atom is -0.351 e. The summed E-state index contributed by atoms with van der Waals surface area (Å²) < 4.78 is 40.0. The van der Waals surface area contributed by atoms with Crippen LogP contribution >= 0.6 is 22.9 Å². The van der Waals surface area contributed by atoms with E-state index < -0.39 is 11.7 Å². The molecule has 148 valence electrons. The lowest BCUT2D eigenvalue weighted by atomic mass is 10.1. The molecule has 0 unspecified atom stereocenters. The third-order valence-corrected chi connectivity index (χ3v) is 5.35. The summed E-state index contributed by atoms with van der Waals surface area (Å²) >= 11 is 7.46. The lowest BCUT2D eigenvalue weighted by Crippen LogP contribution is -2.24. The highest BCUT2D eigenvalue weighted by molar-refractivity contribution is 7.12. The van der Waals surface area contributed by atoms with Crippen LogP contribution in [0.4, 0.5) is 13.2 Å². The number of aromatic nitrogens is 2. The number of carbonyl (C=O) groups is 1. The van der Waals surface area contributed by atoms with Crippen LogP contribution in [0.25, 0.3) is 11.3 Å². The average molecular weight is 428 g/mol. The zero-order valence-corrected chi connectivity index (χ0v) is 16.5. The van der Waals surface area contributed by atoms with Crippen molar-refractivity contribution in [1.29, 1.82) is 0 Å². The van der Waals surface area contributed by atoms with Gasteiger partial charge in [-0.05, 0) is 31.0 Å². The van der Waals surface area contributed by atoms with Crippen LogP contribution in [-0.4, -0.2) is 22.2 Å². The highest BCUT2D eigenvalue weighted by Crippen LogP contribution is 2.31. The monoisotopic (exact) mass is 427 g/mol. The molecule has 0 aliphatic heterocycles. The van der Waals surface area contributed by atoms with Crippen molar-refractivity contribution in [2.75, 3.05) is 6.54 Å². The minimum atomic E-state index is -4.38. The molecule has 0 bridgehead atoms. The maximum Gasteiger partial charge on any atom is 0.416 e. The van der Waals surface area contributed by atoms with Gasteiger partial charge < -0.3 is 5.32 Å². The van der Waals surface area contributed by atoms with E-state index in [1.807, 2.05) is 12.3 Å². The Morgan fingerprint density at radius 2 is 2.11 bits per heavy atom. The molecule has 28 heavy (non-hydrogen) atoms. The van der Waals surface area contributed by atoms with Crippen LogP contribution in [0.15, 0.2) is 41.9 Å². The first-order valence-corrected chi connectivity index (χ1v) is 9.80. The molecule has 0 saturated carbocycles. The second-order valence-corrected chi connectivity index (χ2v) is 7.38. The molecule has 0 spiro atoms. The van der Waals surface area contributed by atoms with Gasteiger partial charge in [0.2, 0.25) is 0 Å². The molecule has 2 heterocycles. The molecule has 0 aliphatic rings. The minimum absolute atomic E-state index is 0.237. The molecular weight excluding hydrogens is 411 g/mol. The summed E-state index contributed by atoms with van der Waals surface area (Å²) in [5.74, 6) is -0.276. The van der Waals surface area contributed by atoms with Crippen molar-refractivity contribution in [2.45, 2.75) is 26.1 Å². The molecule has 4 nitrogen and oxygen atoms in total. The number of benzene rings is 1. The van der Waals surface area contributed by atoms with E-state index in [1.165, 1.54) is 17.4 Å². The van der Waals surface area contributed by atoms with E-state index in [0.29, 0.717) is 28.4 Å². The second kappa shape index (κ2) is 8.36.